The van der Waals surface area contributed by atoms with Gasteiger partial charge in [-0.1, -0.05) is 37.3 Å². The van der Waals surface area contributed by atoms with E-state index < -0.39 is 0 Å². The molecule has 0 aliphatic carbocycles. The number of aryl methyl sites for hydroxylation is 1. The van der Waals surface area contributed by atoms with Crippen LogP contribution in [0.15, 0.2) is 48.5 Å². The summed E-state index contributed by atoms with van der Waals surface area (Å²) in [6.07, 6.45) is 0.210. The molecular weight excluding hydrogens is 258 g/mol. The highest BCUT2D eigenvalue weighted by Gasteiger charge is 2.06. The topological polar surface area (TPSA) is 21.3 Å². The summed E-state index contributed by atoms with van der Waals surface area (Å²) in [6, 6.07) is 16.8. The van der Waals surface area contributed by atoms with E-state index in [0.717, 1.165) is 12.3 Å². The molecule has 0 aliphatic heterocycles. The van der Waals surface area contributed by atoms with Crippen molar-refractivity contribution in [1.82, 2.24) is 0 Å². The highest BCUT2D eigenvalue weighted by atomic mass is 16.5. The van der Waals surface area contributed by atoms with Gasteiger partial charge in [-0.3, -0.25) is 0 Å². The van der Waals surface area contributed by atoms with Gasteiger partial charge in [-0.25, -0.2) is 0 Å². The standard InChI is InChI=1S/C19H25NO/c1-14(2)21-18-10-11-19(15(3)12-18)20-13-16(4)17-8-6-5-7-9-17/h5-12,14,16,20H,13H2,1-4H3. The third kappa shape index (κ3) is 4.52. The Labute approximate surface area is 128 Å². The summed E-state index contributed by atoms with van der Waals surface area (Å²) in [5.41, 5.74) is 3.75. The predicted octanol–water partition coefficient (Wildman–Crippen LogP) is 5.00. The number of anilines is 1. The van der Waals surface area contributed by atoms with Gasteiger partial charge in [0.2, 0.25) is 0 Å². The molecule has 2 aromatic carbocycles. The van der Waals surface area contributed by atoms with Crippen LogP contribution in [0.4, 0.5) is 5.69 Å². The molecule has 0 spiro atoms. The maximum Gasteiger partial charge on any atom is 0.120 e. The summed E-state index contributed by atoms with van der Waals surface area (Å²) >= 11 is 0. The van der Waals surface area contributed by atoms with E-state index in [4.69, 9.17) is 4.74 Å². The van der Waals surface area contributed by atoms with Crippen LogP contribution in [0.3, 0.4) is 0 Å². The van der Waals surface area contributed by atoms with Gasteiger partial charge < -0.3 is 10.1 Å². The molecule has 0 saturated carbocycles. The van der Waals surface area contributed by atoms with E-state index in [1.165, 1.54) is 16.8 Å². The summed E-state index contributed by atoms with van der Waals surface area (Å²) in [5.74, 6) is 1.42. The fraction of sp³-hybridized carbons (Fsp3) is 0.368. The van der Waals surface area contributed by atoms with Gasteiger partial charge in [-0.15, -0.1) is 0 Å². The van der Waals surface area contributed by atoms with Crippen LogP contribution in [0.1, 0.15) is 37.8 Å². The van der Waals surface area contributed by atoms with Gasteiger partial charge in [0.25, 0.3) is 0 Å². The lowest BCUT2D eigenvalue weighted by molar-refractivity contribution is 0.242. The largest absolute Gasteiger partial charge is 0.491 e. The Kier molecular flexibility index (Phi) is 5.26. The molecular formula is C19H25NO. The molecule has 0 bridgehead atoms. The molecule has 1 N–H and O–H groups in total. The molecule has 0 radical (unpaired) electrons. The van der Waals surface area contributed by atoms with Crippen LogP contribution in [0.25, 0.3) is 0 Å². The van der Waals surface area contributed by atoms with E-state index in [1.54, 1.807) is 0 Å². The second kappa shape index (κ2) is 7.16. The molecule has 2 nitrogen and oxygen atoms in total. The van der Waals surface area contributed by atoms with E-state index in [2.05, 4.69) is 61.6 Å². The summed E-state index contributed by atoms with van der Waals surface area (Å²) < 4.78 is 5.72. The molecule has 0 amide bonds. The molecule has 21 heavy (non-hydrogen) atoms. The average Bonchev–Trinajstić information content (AvgIpc) is 2.46. The summed E-state index contributed by atoms with van der Waals surface area (Å²) in [5, 5.41) is 3.54. The second-order valence-corrected chi connectivity index (χ2v) is 5.84. The van der Waals surface area contributed by atoms with Crippen molar-refractivity contribution < 1.29 is 4.74 Å². The van der Waals surface area contributed by atoms with Crippen molar-refractivity contribution in [1.29, 1.82) is 0 Å². The van der Waals surface area contributed by atoms with E-state index in [0.29, 0.717) is 5.92 Å². The summed E-state index contributed by atoms with van der Waals surface area (Å²) in [4.78, 5) is 0. The van der Waals surface area contributed by atoms with Gasteiger partial charge >= 0.3 is 0 Å². The monoisotopic (exact) mass is 283 g/mol. The Morgan fingerprint density at radius 2 is 1.71 bits per heavy atom. The van der Waals surface area contributed by atoms with Crippen LogP contribution in [0.5, 0.6) is 5.75 Å². The molecule has 0 heterocycles. The summed E-state index contributed by atoms with van der Waals surface area (Å²) in [6.45, 7) is 9.37. The third-order valence-corrected chi connectivity index (χ3v) is 3.54. The van der Waals surface area contributed by atoms with Gasteiger partial charge in [0, 0.05) is 12.2 Å². The molecule has 1 unspecified atom stereocenters. The smallest absolute Gasteiger partial charge is 0.120 e. The lowest BCUT2D eigenvalue weighted by Crippen LogP contribution is -2.11. The van der Waals surface area contributed by atoms with E-state index in [9.17, 15) is 0 Å². The minimum Gasteiger partial charge on any atom is -0.491 e. The number of nitrogens with one attached hydrogen (secondary N) is 1. The molecule has 1 atom stereocenters. The van der Waals surface area contributed by atoms with Crippen molar-refractivity contribution in [2.75, 3.05) is 11.9 Å². The molecule has 2 rings (SSSR count). The van der Waals surface area contributed by atoms with E-state index >= 15 is 0 Å². The van der Waals surface area contributed by atoms with Gasteiger partial charge in [0.15, 0.2) is 0 Å². The van der Waals surface area contributed by atoms with E-state index in [-0.39, 0.29) is 6.10 Å². The number of ether oxygens (including phenoxy) is 1. The van der Waals surface area contributed by atoms with Crippen LogP contribution < -0.4 is 10.1 Å². The molecule has 2 heteroatoms. The minimum atomic E-state index is 0.210. The summed E-state index contributed by atoms with van der Waals surface area (Å²) in [7, 11) is 0. The zero-order valence-corrected chi connectivity index (χ0v) is 13.4. The first-order chi connectivity index (χ1) is 10.1. The Balaban J connectivity index is 1.97. The van der Waals surface area contributed by atoms with Crippen molar-refractivity contribution in [3.63, 3.8) is 0 Å². The van der Waals surface area contributed by atoms with Crippen molar-refractivity contribution in [2.45, 2.75) is 39.7 Å². The quantitative estimate of drug-likeness (QED) is 0.805. The number of benzene rings is 2. The number of hydrogen-bond acceptors (Lipinski definition) is 2. The van der Waals surface area contributed by atoms with Gasteiger partial charge in [-0.2, -0.15) is 0 Å². The van der Waals surface area contributed by atoms with Gasteiger partial charge in [-0.05, 0) is 56.0 Å². The van der Waals surface area contributed by atoms with Crippen molar-refractivity contribution in [3.05, 3.63) is 59.7 Å². The van der Waals surface area contributed by atoms with Crippen LogP contribution in [0.2, 0.25) is 0 Å². The Morgan fingerprint density at radius 3 is 2.33 bits per heavy atom. The molecule has 0 aliphatic rings. The lowest BCUT2D eigenvalue weighted by Gasteiger charge is -2.17. The van der Waals surface area contributed by atoms with E-state index in [1.807, 2.05) is 19.9 Å². The average molecular weight is 283 g/mol. The molecule has 0 saturated heterocycles. The van der Waals surface area contributed by atoms with Crippen LogP contribution in [0, 0.1) is 6.92 Å². The van der Waals surface area contributed by atoms with Crippen molar-refractivity contribution >= 4 is 5.69 Å². The highest BCUT2D eigenvalue weighted by molar-refractivity contribution is 5.53. The Hall–Kier alpha value is -1.96. The fourth-order valence-corrected chi connectivity index (χ4v) is 2.34. The Morgan fingerprint density at radius 1 is 1.00 bits per heavy atom. The predicted molar refractivity (Wildman–Crippen MR) is 90.3 cm³/mol. The third-order valence-electron chi connectivity index (χ3n) is 3.54. The second-order valence-electron chi connectivity index (χ2n) is 5.84. The SMILES string of the molecule is Cc1cc(OC(C)C)ccc1NCC(C)c1ccccc1. The van der Waals surface area contributed by atoms with Crippen molar-refractivity contribution in [2.24, 2.45) is 0 Å². The van der Waals surface area contributed by atoms with Crippen LogP contribution >= 0.6 is 0 Å². The molecule has 2 aromatic rings. The molecule has 112 valence electrons. The lowest BCUT2D eigenvalue weighted by atomic mass is 10.0. The van der Waals surface area contributed by atoms with Gasteiger partial charge in [0.1, 0.15) is 5.75 Å². The molecule has 0 fully saturated rings. The van der Waals surface area contributed by atoms with Crippen LogP contribution in [-0.4, -0.2) is 12.6 Å². The maximum atomic E-state index is 5.72. The first-order valence-corrected chi connectivity index (χ1v) is 7.62. The highest BCUT2D eigenvalue weighted by Crippen LogP contribution is 2.23. The maximum absolute atomic E-state index is 5.72. The Bertz CT molecular complexity index is 563. The van der Waals surface area contributed by atoms with Crippen molar-refractivity contribution in [3.8, 4) is 5.75 Å². The van der Waals surface area contributed by atoms with Crippen LogP contribution in [-0.2, 0) is 0 Å². The first-order valence-electron chi connectivity index (χ1n) is 7.62. The minimum absolute atomic E-state index is 0.210. The first kappa shape index (κ1) is 15.4. The number of hydrogen-bond donors (Lipinski definition) is 1. The number of rotatable bonds is 6. The molecule has 0 aromatic heterocycles. The van der Waals surface area contributed by atoms with Gasteiger partial charge in [0.05, 0.1) is 6.10 Å². The zero-order valence-electron chi connectivity index (χ0n) is 13.4. The normalized spacial score (nSPS) is 12.2. The fourth-order valence-electron chi connectivity index (χ4n) is 2.34. The zero-order chi connectivity index (χ0) is 15.2.